The largest absolute Gasteiger partial charge is 0.490 e. The molecule has 2 aliphatic heterocycles. The Morgan fingerprint density at radius 3 is 1.29 bits per heavy atom. The monoisotopic (exact) mass is 1540 g/mol. The predicted octanol–water partition coefficient (Wildman–Crippen LogP) is 23.0. The maximum absolute atomic E-state index is 14.9. The molecule has 20 nitrogen and oxygen atoms in total. The van der Waals surface area contributed by atoms with Gasteiger partial charge in [-0.25, -0.2) is 9.59 Å². The minimum absolute atomic E-state index is 0.00583. The average molecular weight is 1540 g/mol. The van der Waals surface area contributed by atoms with E-state index in [1.807, 2.05) is 12.1 Å². The number of unbranched alkanes of at least 4 members (excludes halogenated alkanes) is 45. The molecule has 2 saturated heterocycles. The van der Waals surface area contributed by atoms with Crippen LogP contribution in [0.15, 0.2) is 82.8 Å². The Bertz CT molecular complexity index is 3220. The lowest BCUT2D eigenvalue weighted by Gasteiger charge is -2.35. The molecule has 4 aromatic rings. The summed E-state index contributed by atoms with van der Waals surface area (Å²) < 4.78 is 39.1. The third-order valence-corrected chi connectivity index (χ3v) is 22.1. The van der Waals surface area contributed by atoms with Gasteiger partial charge in [-0.05, 0) is 78.9 Å². The quantitative estimate of drug-likeness (QED) is 0.0137. The van der Waals surface area contributed by atoms with Gasteiger partial charge in [0.15, 0.2) is 23.8 Å². The van der Waals surface area contributed by atoms with E-state index >= 15 is 0 Å². The van der Waals surface area contributed by atoms with Crippen molar-refractivity contribution in [2.75, 3.05) is 65.0 Å². The molecule has 2 fully saturated rings. The molecule has 0 spiro atoms. The number of carbonyl (C=O) groups excluding carboxylic acids is 4. The molecule has 0 saturated carbocycles. The number of carbonyl (C=O) groups is 4. The molecule has 0 aliphatic carbocycles. The van der Waals surface area contributed by atoms with Crippen molar-refractivity contribution in [3.05, 3.63) is 122 Å². The first-order valence-corrected chi connectivity index (χ1v) is 44.3. The van der Waals surface area contributed by atoms with E-state index in [0.29, 0.717) is 48.2 Å². The summed E-state index contributed by atoms with van der Waals surface area (Å²) in [6.45, 7) is 8.35. The number of esters is 1. The van der Waals surface area contributed by atoms with Gasteiger partial charge in [0, 0.05) is 61.1 Å². The van der Waals surface area contributed by atoms with Crippen molar-refractivity contribution in [2.45, 2.75) is 360 Å². The lowest BCUT2D eigenvalue weighted by atomic mass is 10.0. The number of hydrogen-bond acceptors (Lipinski definition) is 14. The van der Waals surface area contributed by atoms with E-state index in [9.17, 15) is 34.6 Å². The molecular formula is C91H144N8O12. The number of aliphatic hydroxyl groups is 1. The summed E-state index contributed by atoms with van der Waals surface area (Å²) >= 11 is 0. The van der Waals surface area contributed by atoms with Crippen molar-refractivity contribution in [1.29, 1.82) is 0 Å². The smallest absolute Gasteiger partial charge is 0.351 e. The van der Waals surface area contributed by atoms with Crippen LogP contribution in [0.3, 0.4) is 0 Å². The number of hydrogen-bond donors (Lipinski definition) is 2. The average Bonchev–Trinajstić information content (AvgIpc) is 1.66. The molecular weight excluding hydrogens is 1400 g/mol. The molecule has 3 heterocycles. The van der Waals surface area contributed by atoms with Gasteiger partial charge in [0.2, 0.25) is 5.75 Å². The third kappa shape index (κ3) is 36.4. The highest BCUT2D eigenvalue weighted by molar-refractivity contribution is 6.03. The molecule has 0 radical (unpaired) electrons. The number of anilines is 1. The molecule has 4 atom stereocenters. The lowest BCUT2D eigenvalue weighted by molar-refractivity contribution is -0.0624. The normalized spacial score (nSPS) is 15.5. The molecule has 2 aliphatic rings. The number of azide groups is 1. The molecule has 620 valence electrons. The molecule has 2 N–H and O–H groups in total. The fourth-order valence-electron chi connectivity index (χ4n) is 15.3. The van der Waals surface area contributed by atoms with E-state index in [2.05, 4.69) is 41.1 Å². The first-order valence-electron chi connectivity index (χ1n) is 44.3. The molecule has 20 heteroatoms. The van der Waals surface area contributed by atoms with Crippen LogP contribution in [-0.4, -0.2) is 126 Å². The number of aliphatic hydroxyl groups excluding tert-OH is 1. The highest BCUT2D eigenvalue weighted by atomic mass is 16.6. The fourth-order valence-corrected chi connectivity index (χ4v) is 15.3. The van der Waals surface area contributed by atoms with E-state index in [4.69, 9.17) is 28.4 Å². The summed E-state index contributed by atoms with van der Waals surface area (Å²) in [7, 11) is 1.34. The molecule has 0 unspecified atom stereocenters. The van der Waals surface area contributed by atoms with Gasteiger partial charge in [0.1, 0.15) is 18.0 Å². The number of ether oxygens (including phenoxy) is 6. The lowest BCUT2D eigenvalue weighted by Crippen LogP contribution is -2.50. The second kappa shape index (κ2) is 58.8. The molecule has 6 rings (SSSR count). The van der Waals surface area contributed by atoms with Crippen LogP contribution in [-0.2, 0) is 20.8 Å². The van der Waals surface area contributed by atoms with E-state index in [1.54, 1.807) is 40.1 Å². The van der Waals surface area contributed by atoms with Crippen molar-refractivity contribution in [1.82, 2.24) is 19.4 Å². The van der Waals surface area contributed by atoms with E-state index in [1.165, 1.54) is 294 Å². The summed E-state index contributed by atoms with van der Waals surface area (Å²) in [6.07, 6.45) is 58.2. The molecule has 3 aromatic carbocycles. The van der Waals surface area contributed by atoms with Crippen molar-refractivity contribution in [3.8, 4) is 17.2 Å². The van der Waals surface area contributed by atoms with E-state index < -0.39 is 48.7 Å². The minimum atomic E-state index is -1.25. The van der Waals surface area contributed by atoms with E-state index in [-0.39, 0.29) is 67.0 Å². The molecule has 1 aromatic heterocycles. The zero-order valence-electron chi connectivity index (χ0n) is 69.1. The zero-order chi connectivity index (χ0) is 79.0. The summed E-state index contributed by atoms with van der Waals surface area (Å²) in [4.78, 5) is 80.2. The van der Waals surface area contributed by atoms with Gasteiger partial charge in [0.25, 0.3) is 17.7 Å². The molecule has 0 bridgehead atoms. The van der Waals surface area contributed by atoms with Crippen LogP contribution in [0.5, 0.6) is 17.2 Å². The van der Waals surface area contributed by atoms with Crippen LogP contribution < -0.4 is 25.2 Å². The SMILES string of the molecule is CCCCCCCCCCCCCCCCCCOc1cc(C(=O)N2CCN(C(=O)c3ccc(C(=O)O[C@H]4[C@@H](OC)[C@H](n5ccc(NC(=O)c6ccccc6)nc5=O)O[C@@H]4CO)c(CN=[N+]=[N-])c3)CC2)cc(OCCCCCCCCCCCCCCCCCC)c1OCCCCCCCCCCCCCCCCCC. The number of nitrogens with one attached hydrogen (secondary N) is 1. The Morgan fingerprint density at radius 1 is 0.505 bits per heavy atom. The number of benzene rings is 3. The highest BCUT2D eigenvalue weighted by Gasteiger charge is 2.49. The predicted molar refractivity (Wildman–Crippen MR) is 447 cm³/mol. The topological polar surface area (TPSA) is 246 Å². The van der Waals surface area contributed by atoms with Gasteiger partial charge in [0.05, 0.1) is 38.5 Å². The standard InChI is InChI=1S/C91H144N8O12/c1-5-8-11-14-17-20-23-26-29-32-35-38-41-44-47-53-66-107-79-70-76(71-80(108-67-54-48-45-42-39-36-33-30-27-24-21-18-15-12-9-6-2)83(79)109-68-55-49-46-43-40-37-34-31-28-25-22-19-16-13-10-7-3)88(103)98-64-62-97(63-65-98)87(102)75-58-59-78(77(69-75)72-93-96-92)90(104)111-84-81(73-100)110-89(85(84)106-4)99-61-60-82(95-91(99)105)94-86(101)74-56-51-50-52-57-74/h50-52,56-61,69-71,81,84-85,89,100H,5-49,53-55,62-68,72-73H2,1-4H3,(H,94,95,101,105)/t81-,84-,85-,89-/m1/s1. The van der Waals surface area contributed by atoms with Crippen LogP contribution in [0.4, 0.5) is 5.82 Å². The summed E-state index contributed by atoms with van der Waals surface area (Å²) in [5.74, 6) is -0.298. The Labute approximate surface area is 667 Å². The molecule has 3 amide bonds. The first kappa shape index (κ1) is 92.9. The van der Waals surface area contributed by atoms with Crippen LogP contribution in [0.2, 0.25) is 0 Å². The Kier molecular flexibility index (Phi) is 49.2. The van der Waals surface area contributed by atoms with Crippen LogP contribution in [0, 0.1) is 0 Å². The van der Waals surface area contributed by atoms with Gasteiger partial charge >= 0.3 is 11.7 Å². The second-order valence-electron chi connectivity index (χ2n) is 31.2. The maximum atomic E-state index is 14.9. The van der Waals surface area contributed by atoms with Crippen molar-refractivity contribution < 1.29 is 52.7 Å². The Hall–Kier alpha value is -6.99. The van der Waals surface area contributed by atoms with Crippen LogP contribution in [0.1, 0.15) is 382 Å². The summed E-state index contributed by atoms with van der Waals surface area (Å²) in [6, 6.07) is 17.9. The number of amides is 3. The van der Waals surface area contributed by atoms with Crippen molar-refractivity contribution >= 4 is 29.5 Å². The number of nitrogens with zero attached hydrogens (tertiary/aromatic N) is 7. The fraction of sp³-hybridized carbons (Fsp3) is 0.714. The van der Waals surface area contributed by atoms with Crippen LogP contribution >= 0.6 is 0 Å². The minimum Gasteiger partial charge on any atom is -0.490 e. The van der Waals surface area contributed by atoms with Gasteiger partial charge in [-0.15, -0.1) is 0 Å². The molecule has 111 heavy (non-hydrogen) atoms. The summed E-state index contributed by atoms with van der Waals surface area (Å²) in [5, 5.41) is 16.8. The van der Waals surface area contributed by atoms with Crippen LogP contribution in [0.25, 0.3) is 10.4 Å². The van der Waals surface area contributed by atoms with Crippen molar-refractivity contribution in [2.24, 2.45) is 5.11 Å². The summed E-state index contributed by atoms with van der Waals surface area (Å²) in [5.41, 5.74) is 9.87. The number of methoxy groups -OCH3 is 1. The highest BCUT2D eigenvalue weighted by Crippen LogP contribution is 2.41. The number of aromatic nitrogens is 2. The zero-order valence-corrected chi connectivity index (χ0v) is 69.1. The van der Waals surface area contributed by atoms with Gasteiger partial charge in [-0.3, -0.25) is 19.0 Å². The van der Waals surface area contributed by atoms with E-state index in [0.717, 1.165) is 55.9 Å². The third-order valence-electron chi connectivity index (χ3n) is 22.1. The van der Waals surface area contributed by atoms with Gasteiger partial charge < -0.3 is 48.6 Å². The Balaban J connectivity index is 1.09. The maximum Gasteiger partial charge on any atom is 0.351 e. The Morgan fingerprint density at radius 2 is 0.901 bits per heavy atom. The first-order chi connectivity index (χ1) is 54.5. The van der Waals surface area contributed by atoms with Gasteiger partial charge in [-0.2, -0.15) is 4.98 Å². The van der Waals surface area contributed by atoms with Gasteiger partial charge in [-0.1, -0.05) is 333 Å². The second-order valence-corrected chi connectivity index (χ2v) is 31.2. The number of rotatable bonds is 65. The van der Waals surface area contributed by atoms with Crippen molar-refractivity contribution in [3.63, 3.8) is 0 Å². The number of piperazine rings is 1.